The largest absolute Gasteiger partial charge is 0.327 e. The van der Waals surface area contributed by atoms with Gasteiger partial charge in [-0.1, -0.05) is 82.2 Å². The van der Waals surface area contributed by atoms with Gasteiger partial charge in [0.15, 0.2) is 0 Å². The molecule has 0 aromatic rings. The van der Waals surface area contributed by atoms with Gasteiger partial charge in [-0.2, -0.15) is 0 Å². The van der Waals surface area contributed by atoms with Crippen LogP contribution in [0, 0.1) is 10.8 Å². The normalized spacial score (nSPS) is 20.5. The van der Waals surface area contributed by atoms with Crippen molar-refractivity contribution in [1.82, 2.24) is 0 Å². The molecule has 0 heterocycles. The lowest BCUT2D eigenvalue weighted by Gasteiger charge is -2.33. The monoisotopic (exact) mass is 327 g/mol. The van der Waals surface area contributed by atoms with E-state index in [1.54, 1.807) is 5.57 Å². The highest BCUT2D eigenvalue weighted by molar-refractivity contribution is 5.39. The average molecular weight is 328 g/mol. The molecule has 1 aliphatic rings. The molecule has 2 N–H and O–H groups in total. The molecule has 0 saturated carbocycles. The molecule has 0 aliphatic heterocycles. The van der Waals surface area contributed by atoms with Crippen LogP contribution in [0.15, 0.2) is 58.7 Å². The van der Waals surface area contributed by atoms with Crippen molar-refractivity contribution in [2.24, 2.45) is 16.6 Å². The molecule has 0 amide bonds. The Morgan fingerprint density at radius 2 is 1.88 bits per heavy atom. The maximum absolute atomic E-state index is 5.56. The van der Waals surface area contributed by atoms with Crippen molar-refractivity contribution in [2.75, 3.05) is 6.54 Å². The number of allylic oxidation sites excluding steroid dienone is 9. The molecule has 1 nitrogen and oxygen atoms in total. The third-order valence-electron chi connectivity index (χ3n) is 4.91. The molecule has 0 bridgehead atoms. The van der Waals surface area contributed by atoms with Gasteiger partial charge in [0.2, 0.25) is 0 Å². The Morgan fingerprint density at radius 1 is 1.21 bits per heavy atom. The Kier molecular flexibility index (Phi) is 7.48. The van der Waals surface area contributed by atoms with E-state index in [9.17, 15) is 0 Å². The van der Waals surface area contributed by atoms with Crippen molar-refractivity contribution in [3.63, 3.8) is 0 Å². The summed E-state index contributed by atoms with van der Waals surface area (Å²) < 4.78 is 0. The van der Waals surface area contributed by atoms with Crippen molar-refractivity contribution in [1.29, 1.82) is 0 Å². The predicted octanol–water partition coefficient (Wildman–Crippen LogP) is 6.50. The predicted molar refractivity (Wildman–Crippen MR) is 109 cm³/mol. The smallest absolute Gasteiger partial charge is 0.0112 e. The minimum Gasteiger partial charge on any atom is -0.327 e. The standard InChI is InChI=1S/C23H37N/c1-18(15-17-24)10-8-12-20(22(3,4)5)13-14-21-19(2)11-9-16-23(21,6)7/h8,10,12-15H,9,11,16-17,24H2,1-7H3/b10-8+,14-13+,18-15+,20-12-. The second kappa shape index (κ2) is 8.67. The second-order valence-electron chi connectivity index (χ2n) is 8.68. The van der Waals surface area contributed by atoms with E-state index in [2.05, 4.69) is 78.8 Å². The first-order valence-electron chi connectivity index (χ1n) is 9.22. The number of nitrogens with two attached hydrogens (primary N) is 1. The summed E-state index contributed by atoms with van der Waals surface area (Å²) >= 11 is 0. The van der Waals surface area contributed by atoms with Crippen molar-refractivity contribution >= 4 is 0 Å². The fourth-order valence-corrected chi connectivity index (χ4v) is 3.30. The summed E-state index contributed by atoms with van der Waals surface area (Å²) in [6.45, 7) is 16.5. The third kappa shape index (κ3) is 6.28. The lowest BCUT2D eigenvalue weighted by Crippen LogP contribution is -2.19. The molecular formula is C23H37N. The molecule has 0 atom stereocenters. The van der Waals surface area contributed by atoms with E-state index in [-0.39, 0.29) is 10.8 Å². The zero-order valence-corrected chi connectivity index (χ0v) is 16.9. The molecule has 0 saturated heterocycles. The Bertz CT molecular complexity index is 572. The summed E-state index contributed by atoms with van der Waals surface area (Å²) in [7, 11) is 0. The van der Waals surface area contributed by atoms with Gasteiger partial charge in [-0.15, -0.1) is 0 Å². The van der Waals surface area contributed by atoms with Gasteiger partial charge in [0, 0.05) is 6.54 Å². The van der Waals surface area contributed by atoms with Gasteiger partial charge >= 0.3 is 0 Å². The van der Waals surface area contributed by atoms with E-state index < -0.39 is 0 Å². The van der Waals surface area contributed by atoms with Gasteiger partial charge in [0.05, 0.1) is 0 Å². The van der Waals surface area contributed by atoms with Gasteiger partial charge < -0.3 is 5.73 Å². The van der Waals surface area contributed by atoms with Crippen molar-refractivity contribution in [2.45, 2.75) is 67.7 Å². The minimum atomic E-state index is 0.125. The highest BCUT2D eigenvalue weighted by atomic mass is 14.5. The van der Waals surface area contributed by atoms with Crippen molar-refractivity contribution in [3.8, 4) is 0 Å². The lowest BCUT2D eigenvalue weighted by atomic mass is 9.72. The van der Waals surface area contributed by atoms with Crippen LogP contribution in [-0.2, 0) is 0 Å². The summed E-state index contributed by atoms with van der Waals surface area (Å²) in [5.74, 6) is 0. The van der Waals surface area contributed by atoms with Gasteiger partial charge in [-0.05, 0) is 55.1 Å². The molecule has 1 aliphatic carbocycles. The maximum Gasteiger partial charge on any atom is 0.0112 e. The molecule has 1 heteroatoms. The first-order valence-corrected chi connectivity index (χ1v) is 9.22. The van der Waals surface area contributed by atoms with Gasteiger partial charge in [-0.3, -0.25) is 0 Å². The van der Waals surface area contributed by atoms with Gasteiger partial charge in [0.1, 0.15) is 0 Å². The fourth-order valence-electron chi connectivity index (χ4n) is 3.30. The Morgan fingerprint density at radius 3 is 2.42 bits per heavy atom. The highest BCUT2D eigenvalue weighted by Crippen LogP contribution is 2.41. The zero-order valence-electron chi connectivity index (χ0n) is 16.9. The summed E-state index contributed by atoms with van der Waals surface area (Å²) in [5, 5.41) is 0. The van der Waals surface area contributed by atoms with Crippen LogP contribution >= 0.6 is 0 Å². The molecule has 0 radical (unpaired) electrons. The molecular weight excluding hydrogens is 290 g/mol. The van der Waals surface area contributed by atoms with E-state index in [0.717, 1.165) is 0 Å². The molecule has 0 fully saturated rings. The maximum atomic E-state index is 5.56. The van der Waals surface area contributed by atoms with Gasteiger partial charge in [0.25, 0.3) is 0 Å². The molecule has 134 valence electrons. The van der Waals surface area contributed by atoms with Gasteiger partial charge in [-0.25, -0.2) is 0 Å². The van der Waals surface area contributed by atoms with Crippen LogP contribution in [0.2, 0.25) is 0 Å². The molecule has 24 heavy (non-hydrogen) atoms. The van der Waals surface area contributed by atoms with Crippen LogP contribution in [0.4, 0.5) is 0 Å². The van der Waals surface area contributed by atoms with Crippen LogP contribution in [0.25, 0.3) is 0 Å². The van der Waals surface area contributed by atoms with Crippen LogP contribution in [0.1, 0.15) is 67.7 Å². The number of rotatable bonds is 5. The molecule has 1 rings (SSSR count). The zero-order chi connectivity index (χ0) is 18.4. The van der Waals surface area contributed by atoms with Crippen molar-refractivity contribution in [3.05, 3.63) is 58.7 Å². The average Bonchev–Trinajstić information content (AvgIpc) is 2.43. The van der Waals surface area contributed by atoms with Crippen molar-refractivity contribution < 1.29 is 0 Å². The van der Waals surface area contributed by atoms with E-state index >= 15 is 0 Å². The van der Waals surface area contributed by atoms with Crippen LogP contribution in [0.5, 0.6) is 0 Å². The van der Waals surface area contributed by atoms with Crippen LogP contribution in [-0.4, -0.2) is 6.54 Å². The van der Waals surface area contributed by atoms with Crippen LogP contribution < -0.4 is 5.73 Å². The van der Waals surface area contributed by atoms with E-state index in [1.807, 2.05) is 6.08 Å². The Balaban J connectivity index is 3.09. The first kappa shape index (κ1) is 20.7. The minimum absolute atomic E-state index is 0.125. The summed E-state index contributed by atoms with van der Waals surface area (Å²) in [6, 6.07) is 0. The fraction of sp³-hybridized carbons (Fsp3) is 0.565. The molecule has 0 aromatic heterocycles. The van der Waals surface area contributed by atoms with E-state index in [0.29, 0.717) is 6.54 Å². The SMILES string of the molecule is CC1=C(/C=C/C(=C/C=C/C(C)=C/CN)C(C)(C)C)C(C)(C)CCC1. The van der Waals surface area contributed by atoms with E-state index in [4.69, 9.17) is 5.73 Å². The Hall–Kier alpha value is -1.34. The quantitative estimate of drug-likeness (QED) is 0.573. The molecule has 0 unspecified atom stereocenters. The number of hydrogen-bond donors (Lipinski definition) is 1. The summed E-state index contributed by atoms with van der Waals surface area (Å²) in [4.78, 5) is 0. The first-order chi connectivity index (χ1) is 11.1. The molecule has 0 spiro atoms. The summed E-state index contributed by atoms with van der Waals surface area (Å²) in [5.41, 5.74) is 11.6. The van der Waals surface area contributed by atoms with Crippen LogP contribution in [0.3, 0.4) is 0 Å². The Labute approximate surface area is 150 Å². The van der Waals surface area contributed by atoms with E-state index in [1.165, 1.54) is 36.0 Å². The highest BCUT2D eigenvalue weighted by Gasteiger charge is 2.26. The topological polar surface area (TPSA) is 26.0 Å². The molecule has 0 aromatic carbocycles. The third-order valence-corrected chi connectivity index (χ3v) is 4.91. The second-order valence-corrected chi connectivity index (χ2v) is 8.68. The lowest BCUT2D eigenvalue weighted by molar-refractivity contribution is 0.376. The number of hydrogen-bond acceptors (Lipinski definition) is 1. The summed E-state index contributed by atoms with van der Waals surface area (Å²) in [6.07, 6.45) is 17.0.